The van der Waals surface area contributed by atoms with Gasteiger partial charge in [0.1, 0.15) is 5.82 Å². The van der Waals surface area contributed by atoms with E-state index in [0.717, 1.165) is 30.2 Å². The molecule has 1 aromatic carbocycles. The summed E-state index contributed by atoms with van der Waals surface area (Å²) in [5, 5.41) is 0. The Hall–Kier alpha value is -0.600. The number of nitrogens with two attached hydrogens (primary N) is 1. The average Bonchev–Trinajstić information content (AvgIpc) is 2.40. The molecule has 0 atom stereocenters. The van der Waals surface area contributed by atoms with Crippen LogP contribution in [0.2, 0.25) is 0 Å². The zero-order chi connectivity index (χ0) is 13.0. The maximum absolute atomic E-state index is 13.2. The third-order valence-electron chi connectivity index (χ3n) is 6.31. The molecule has 4 bridgehead atoms. The topological polar surface area (TPSA) is 26.0 Å². The highest BCUT2D eigenvalue weighted by atomic mass is 35.5. The van der Waals surface area contributed by atoms with E-state index >= 15 is 0 Å². The van der Waals surface area contributed by atoms with Crippen LogP contribution in [-0.2, 0) is 5.41 Å². The molecule has 1 nitrogen and oxygen atoms in total. The maximum atomic E-state index is 13.2. The molecule has 4 saturated carbocycles. The largest absolute Gasteiger partial charge is 0.330 e. The van der Waals surface area contributed by atoms with Crippen molar-refractivity contribution in [1.29, 1.82) is 0 Å². The summed E-state index contributed by atoms with van der Waals surface area (Å²) in [4.78, 5) is 0. The van der Waals surface area contributed by atoms with Crippen LogP contribution < -0.4 is 5.73 Å². The summed E-state index contributed by atoms with van der Waals surface area (Å²) >= 11 is 0. The first kappa shape index (κ1) is 14.3. The smallest absolute Gasteiger partial charge is 0.123 e. The predicted octanol–water partition coefficient (Wildman–Crippen LogP) is 3.90. The minimum Gasteiger partial charge on any atom is -0.330 e. The second kappa shape index (κ2) is 4.99. The summed E-state index contributed by atoms with van der Waals surface area (Å²) in [5.41, 5.74) is 7.70. The van der Waals surface area contributed by atoms with Crippen LogP contribution in [0.4, 0.5) is 4.39 Å². The molecule has 2 N–H and O–H groups in total. The molecule has 0 heterocycles. The van der Waals surface area contributed by atoms with Gasteiger partial charge >= 0.3 is 0 Å². The zero-order valence-electron chi connectivity index (χ0n) is 11.7. The van der Waals surface area contributed by atoms with Crippen molar-refractivity contribution in [3.8, 4) is 0 Å². The molecular formula is C17H23ClFN. The van der Waals surface area contributed by atoms with Crippen LogP contribution in [0, 0.1) is 29.5 Å². The van der Waals surface area contributed by atoms with E-state index in [-0.39, 0.29) is 23.6 Å². The van der Waals surface area contributed by atoms with Crippen molar-refractivity contribution >= 4 is 12.4 Å². The fourth-order valence-corrected chi connectivity index (χ4v) is 5.71. The molecule has 0 amide bonds. The Labute approximate surface area is 126 Å². The van der Waals surface area contributed by atoms with Crippen LogP contribution in [-0.4, -0.2) is 6.54 Å². The van der Waals surface area contributed by atoms with Gasteiger partial charge in [0.15, 0.2) is 0 Å². The Balaban J connectivity index is 0.00000121. The number of hydrogen-bond acceptors (Lipinski definition) is 1. The normalized spacial score (nSPS) is 41.5. The second-order valence-corrected chi connectivity index (χ2v) is 7.06. The van der Waals surface area contributed by atoms with E-state index in [1.807, 2.05) is 12.1 Å². The van der Waals surface area contributed by atoms with E-state index in [2.05, 4.69) is 0 Å². The fourth-order valence-electron chi connectivity index (χ4n) is 5.71. The standard InChI is InChI=1S/C17H22FN.ClH/c18-16-3-1-13(2-4-16)17(10-19)14-6-11-5-12(8-14)9-15(17)7-11;/h1-4,11-12,14-15H,5-10,19H2;1H. The van der Waals surface area contributed by atoms with Gasteiger partial charge in [0.05, 0.1) is 0 Å². The van der Waals surface area contributed by atoms with Gasteiger partial charge in [-0.2, -0.15) is 0 Å². The summed E-state index contributed by atoms with van der Waals surface area (Å²) in [5.74, 6) is 3.23. The number of hydrogen-bond donors (Lipinski definition) is 1. The third-order valence-corrected chi connectivity index (χ3v) is 6.31. The molecule has 1 aromatic rings. The summed E-state index contributed by atoms with van der Waals surface area (Å²) < 4.78 is 13.2. The Morgan fingerprint density at radius 1 is 0.950 bits per heavy atom. The minimum atomic E-state index is -0.139. The molecule has 4 aliphatic rings. The minimum absolute atomic E-state index is 0. The van der Waals surface area contributed by atoms with Crippen LogP contribution in [0.25, 0.3) is 0 Å². The van der Waals surface area contributed by atoms with E-state index in [9.17, 15) is 4.39 Å². The SMILES string of the molecule is Cl.NCC1(c2ccc(F)cc2)C2CC3CC(C2)CC1C3. The monoisotopic (exact) mass is 295 g/mol. The fraction of sp³-hybridized carbons (Fsp3) is 0.647. The highest BCUT2D eigenvalue weighted by Crippen LogP contribution is 2.62. The molecule has 4 fully saturated rings. The van der Waals surface area contributed by atoms with Crippen LogP contribution in [0.5, 0.6) is 0 Å². The summed E-state index contributed by atoms with van der Waals surface area (Å²) in [6, 6.07) is 7.20. The van der Waals surface area contributed by atoms with Gasteiger partial charge in [-0.25, -0.2) is 4.39 Å². The molecule has 0 aromatic heterocycles. The van der Waals surface area contributed by atoms with Crippen LogP contribution in [0.1, 0.15) is 37.7 Å². The van der Waals surface area contributed by atoms with Gasteiger partial charge in [0.25, 0.3) is 0 Å². The highest BCUT2D eigenvalue weighted by molar-refractivity contribution is 5.85. The molecule has 0 radical (unpaired) electrons. The van der Waals surface area contributed by atoms with Crippen molar-refractivity contribution in [2.24, 2.45) is 29.4 Å². The zero-order valence-corrected chi connectivity index (χ0v) is 12.5. The maximum Gasteiger partial charge on any atom is 0.123 e. The number of halogens is 2. The van der Waals surface area contributed by atoms with Gasteiger partial charge in [-0.3, -0.25) is 0 Å². The van der Waals surface area contributed by atoms with Gasteiger partial charge in [-0.15, -0.1) is 12.4 Å². The summed E-state index contributed by atoms with van der Waals surface area (Å²) in [7, 11) is 0. The van der Waals surface area contributed by atoms with Crippen molar-refractivity contribution < 1.29 is 4.39 Å². The van der Waals surface area contributed by atoms with E-state index in [0.29, 0.717) is 0 Å². The lowest BCUT2D eigenvalue weighted by Crippen LogP contribution is -2.58. The lowest BCUT2D eigenvalue weighted by Gasteiger charge is -2.61. The summed E-state index contributed by atoms with van der Waals surface area (Å²) in [6.07, 6.45) is 6.85. The number of benzene rings is 1. The number of rotatable bonds is 2. The molecule has 4 aliphatic carbocycles. The van der Waals surface area contributed by atoms with Gasteiger partial charge in [-0.1, -0.05) is 12.1 Å². The van der Waals surface area contributed by atoms with Crippen molar-refractivity contribution in [1.82, 2.24) is 0 Å². The Morgan fingerprint density at radius 3 is 1.90 bits per heavy atom. The molecule has 5 rings (SSSR count). The van der Waals surface area contributed by atoms with Crippen molar-refractivity contribution in [3.05, 3.63) is 35.6 Å². The van der Waals surface area contributed by atoms with E-state index in [1.165, 1.54) is 37.7 Å². The first-order valence-corrected chi connectivity index (χ1v) is 7.68. The molecule has 20 heavy (non-hydrogen) atoms. The van der Waals surface area contributed by atoms with Crippen LogP contribution >= 0.6 is 12.4 Å². The molecule has 0 unspecified atom stereocenters. The quantitative estimate of drug-likeness (QED) is 0.880. The third kappa shape index (κ3) is 1.84. The van der Waals surface area contributed by atoms with E-state index in [4.69, 9.17) is 5.73 Å². The Kier molecular flexibility index (Phi) is 3.58. The van der Waals surface area contributed by atoms with Gasteiger partial charge in [0.2, 0.25) is 0 Å². The van der Waals surface area contributed by atoms with Crippen molar-refractivity contribution in [2.75, 3.05) is 6.54 Å². The van der Waals surface area contributed by atoms with E-state index < -0.39 is 0 Å². The molecular weight excluding hydrogens is 273 g/mol. The predicted molar refractivity (Wildman–Crippen MR) is 81.4 cm³/mol. The van der Waals surface area contributed by atoms with Crippen LogP contribution in [0.15, 0.2) is 24.3 Å². The van der Waals surface area contributed by atoms with Gasteiger partial charge < -0.3 is 5.73 Å². The molecule has 3 heteroatoms. The molecule has 0 aliphatic heterocycles. The van der Waals surface area contributed by atoms with Crippen molar-refractivity contribution in [2.45, 2.75) is 37.5 Å². The molecule has 0 saturated heterocycles. The van der Waals surface area contributed by atoms with Gasteiger partial charge in [-0.05, 0) is 73.5 Å². The molecule has 0 spiro atoms. The molecule has 110 valence electrons. The first-order chi connectivity index (χ1) is 9.22. The average molecular weight is 296 g/mol. The summed E-state index contributed by atoms with van der Waals surface area (Å²) in [6.45, 7) is 0.730. The highest BCUT2D eigenvalue weighted by Gasteiger charge is 2.56. The lowest BCUT2D eigenvalue weighted by atomic mass is 9.44. The van der Waals surface area contributed by atoms with Crippen molar-refractivity contribution in [3.63, 3.8) is 0 Å². The van der Waals surface area contributed by atoms with E-state index in [1.54, 1.807) is 12.1 Å². The van der Waals surface area contributed by atoms with Crippen LogP contribution in [0.3, 0.4) is 0 Å². The Morgan fingerprint density at radius 2 is 1.45 bits per heavy atom. The Bertz CT molecular complexity index is 456. The first-order valence-electron chi connectivity index (χ1n) is 7.68. The lowest BCUT2D eigenvalue weighted by molar-refractivity contribution is -0.0567. The van der Waals surface area contributed by atoms with Gasteiger partial charge in [0, 0.05) is 12.0 Å². The second-order valence-electron chi connectivity index (χ2n) is 7.06.